The zero-order valence-corrected chi connectivity index (χ0v) is 10.5. The van der Waals surface area contributed by atoms with E-state index in [4.69, 9.17) is 4.74 Å². The second kappa shape index (κ2) is 5.85. The van der Waals surface area contributed by atoms with Crippen molar-refractivity contribution in [2.75, 3.05) is 13.7 Å². The molecule has 0 bridgehead atoms. The number of benzene rings is 1. The van der Waals surface area contributed by atoms with Gasteiger partial charge in [0, 0.05) is 12.5 Å². The van der Waals surface area contributed by atoms with Gasteiger partial charge in [-0.2, -0.15) is 0 Å². The van der Waals surface area contributed by atoms with Crippen molar-refractivity contribution in [2.45, 2.75) is 25.7 Å². The lowest BCUT2D eigenvalue weighted by molar-refractivity contribution is -0.122. The molecule has 0 spiro atoms. The molecule has 98 valence electrons. The average Bonchev–Trinajstić information content (AvgIpc) is 3.20. The molecule has 0 radical (unpaired) electrons. The number of carbonyl (C=O) groups excluding carboxylic acids is 1. The first-order chi connectivity index (χ1) is 8.70. The van der Waals surface area contributed by atoms with Crippen LogP contribution in [0, 0.1) is 11.7 Å². The number of hydrogen-bond acceptors (Lipinski definition) is 2. The SMILES string of the molecule is COc1ccc(F)c(CCCNC(=O)C2CC2)c1. The van der Waals surface area contributed by atoms with Gasteiger partial charge in [-0.25, -0.2) is 4.39 Å². The van der Waals surface area contributed by atoms with Crippen LogP contribution in [-0.4, -0.2) is 19.6 Å². The molecule has 1 aliphatic rings. The molecule has 0 unspecified atom stereocenters. The van der Waals surface area contributed by atoms with Crippen LogP contribution in [0.15, 0.2) is 18.2 Å². The zero-order valence-electron chi connectivity index (χ0n) is 10.5. The minimum absolute atomic E-state index is 0.140. The number of hydrogen-bond donors (Lipinski definition) is 1. The van der Waals surface area contributed by atoms with Gasteiger partial charge in [0.1, 0.15) is 11.6 Å². The zero-order chi connectivity index (χ0) is 13.0. The number of rotatable bonds is 6. The van der Waals surface area contributed by atoms with Crippen LogP contribution in [0.2, 0.25) is 0 Å². The summed E-state index contributed by atoms with van der Waals surface area (Å²) in [4.78, 5) is 11.4. The van der Waals surface area contributed by atoms with Gasteiger partial charge in [0.25, 0.3) is 0 Å². The number of halogens is 1. The first-order valence-corrected chi connectivity index (χ1v) is 6.31. The maximum atomic E-state index is 13.5. The van der Waals surface area contributed by atoms with E-state index in [1.807, 2.05) is 0 Å². The average molecular weight is 251 g/mol. The Morgan fingerprint density at radius 1 is 1.50 bits per heavy atom. The van der Waals surface area contributed by atoms with E-state index in [0.29, 0.717) is 24.3 Å². The van der Waals surface area contributed by atoms with Crippen LogP contribution >= 0.6 is 0 Å². The van der Waals surface area contributed by atoms with Gasteiger partial charge >= 0.3 is 0 Å². The summed E-state index contributed by atoms with van der Waals surface area (Å²) in [5.41, 5.74) is 0.634. The normalized spacial score (nSPS) is 14.3. The van der Waals surface area contributed by atoms with Gasteiger partial charge in [0.2, 0.25) is 5.91 Å². The Hall–Kier alpha value is -1.58. The molecule has 1 N–H and O–H groups in total. The predicted molar refractivity (Wildman–Crippen MR) is 67.0 cm³/mol. The van der Waals surface area contributed by atoms with Crippen molar-refractivity contribution in [3.05, 3.63) is 29.6 Å². The minimum Gasteiger partial charge on any atom is -0.497 e. The van der Waals surface area contributed by atoms with Crippen LogP contribution in [0.4, 0.5) is 4.39 Å². The highest BCUT2D eigenvalue weighted by Crippen LogP contribution is 2.28. The smallest absolute Gasteiger partial charge is 0.223 e. The molecule has 0 aliphatic heterocycles. The molecule has 1 aliphatic carbocycles. The van der Waals surface area contributed by atoms with Gasteiger partial charge in [0.15, 0.2) is 0 Å². The monoisotopic (exact) mass is 251 g/mol. The van der Waals surface area contributed by atoms with E-state index in [-0.39, 0.29) is 17.6 Å². The summed E-state index contributed by atoms with van der Waals surface area (Å²) in [7, 11) is 1.56. The van der Waals surface area contributed by atoms with Gasteiger partial charge in [-0.1, -0.05) is 0 Å². The number of nitrogens with one attached hydrogen (secondary N) is 1. The van der Waals surface area contributed by atoms with E-state index in [9.17, 15) is 9.18 Å². The molecule has 0 atom stereocenters. The quantitative estimate of drug-likeness (QED) is 0.788. The fourth-order valence-electron chi connectivity index (χ4n) is 1.85. The Labute approximate surface area is 106 Å². The summed E-state index contributed by atoms with van der Waals surface area (Å²) in [6, 6.07) is 4.72. The summed E-state index contributed by atoms with van der Waals surface area (Å²) in [5.74, 6) is 0.817. The predicted octanol–water partition coefficient (Wildman–Crippen LogP) is 2.29. The molecule has 3 nitrogen and oxygen atoms in total. The second-order valence-corrected chi connectivity index (χ2v) is 4.63. The van der Waals surface area contributed by atoms with Crippen LogP contribution < -0.4 is 10.1 Å². The summed E-state index contributed by atoms with van der Waals surface area (Å²) in [5, 5.41) is 2.87. The Morgan fingerprint density at radius 2 is 2.28 bits per heavy atom. The van der Waals surface area contributed by atoms with Crippen LogP contribution in [0.3, 0.4) is 0 Å². The topological polar surface area (TPSA) is 38.3 Å². The van der Waals surface area contributed by atoms with E-state index >= 15 is 0 Å². The highest BCUT2D eigenvalue weighted by atomic mass is 19.1. The lowest BCUT2D eigenvalue weighted by Crippen LogP contribution is -2.26. The van der Waals surface area contributed by atoms with Gasteiger partial charge in [-0.15, -0.1) is 0 Å². The van der Waals surface area contributed by atoms with Gasteiger partial charge in [-0.3, -0.25) is 4.79 Å². The molecular formula is C14H18FNO2. The number of aryl methyl sites for hydroxylation is 1. The molecule has 1 aromatic carbocycles. The number of carbonyl (C=O) groups is 1. The lowest BCUT2D eigenvalue weighted by Gasteiger charge is -2.07. The first kappa shape index (κ1) is 12.9. The Kier molecular flexibility index (Phi) is 4.18. The van der Waals surface area contributed by atoms with Crippen LogP contribution in [0.1, 0.15) is 24.8 Å². The van der Waals surface area contributed by atoms with Crippen molar-refractivity contribution < 1.29 is 13.9 Å². The third kappa shape index (κ3) is 3.45. The molecule has 1 fully saturated rings. The minimum atomic E-state index is -0.218. The molecule has 2 rings (SSSR count). The molecule has 1 saturated carbocycles. The van der Waals surface area contributed by atoms with Gasteiger partial charge < -0.3 is 10.1 Å². The Bertz CT molecular complexity index is 430. The third-order valence-electron chi connectivity index (χ3n) is 3.12. The van der Waals surface area contributed by atoms with Crippen molar-refractivity contribution in [3.8, 4) is 5.75 Å². The van der Waals surface area contributed by atoms with E-state index in [1.54, 1.807) is 19.2 Å². The van der Waals surface area contributed by atoms with E-state index in [1.165, 1.54) is 6.07 Å². The fourth-order valence-corrected chi connectivity index (χ4v) is 1.85. The maximum Gasteiger partial charge on any atom is 0.223 e. The van der Waals surface area contributed by atoms with E-state index in [0.717, 1.165) is 19.3 Å². The number of amides is 1. The largest absolute Gasteiger partial charge is 0.497 e. The lowest BCUT2D eigenvalue weighted by atomic mass is 10.1. The fraction of sp³-hybridized carbons (Fsp3) is 0.500. The third-order valence-corrected chi connectivity index (χ3v) is 3.12. The highest BCUT2D eigenvalue weighted by Gasteiger charge is 2.28. The molecule has 1 aromatic rings. The van der Waals surface area contributed by atoms with Crippen LogP contribution in [-0.2, 0) is 11.2 Å². The van der Waals surface area contributed by atoms with Crippen molar-refractivity contribution in [1.29, 1.82) is 0 Å². The van der Waals surface area contributed by atoms with Crippen molar-refractivity contribution >= 4 is 5.91 Å². The van der Waals surface area contributed by atoms with Gasteiger partial charge in [-0.05, 0) is 49.4 Å². The Morgan fingerprint density at radius 3 is 2.94 bits per heavy atom. The summed E-state index contributed by atoms with van der Waals surface area (Å²) in [6.45, 7) is 0.603. The van der Waals surface area contributed by atoms with Crippen molar-refractivity contribution in [3.63, 3.8) is 0 Å². The van der Waals surface area contributed by atoms with Crippen molar-refractivity contribution in [2.24, 2.45) is 5.92 Å². The number of methoxy groups -OCH3 is 1. The molecule has 0 aromatic heterocycles. The van der Waals surface area contributed by atoms with Crippen LogP contribution in [0.5, 0.6) is 5.75 Å². The van der Waals surface area contributed by atoms with E-state index in [2.05, 4.69) is 5.32 Å². The van der Waals surface area contributed by atoms with Crippen molar-refractivity contribution in [1.82, 2.24) is 5.32 Å². The summed E-state index contributed by atoms with van der Waals surface area (Å²) < 4.78 is 18.5. The Balaban J connectivity index is 1.76. The molecule has 18 heavy (non-hydrogen) atoms. The molecule has 4 heteroatoms. The standard InChI is InChI=1S/C14H18FNO2/c1-18-12-6-7-13(15)11(9-12)3-2-8-16-14(17)10-4-5-10/h6-7,9-10H,2-5,8H2,1H3,(H,16,17). The molecular weight excluding hydrogens is 233 g/mol. The highest BCUT2D eigenvalue weighted by molar-refractivity contribution is 5.80. The molecule has 1 amide bonds. The second-order valence-electron chi connectivity index (χ2n) is 4.63. The summed E-state index contributed by atoms with van der Waals surface area (Å²) in [6.07, 6.45) is 3.36. The van der Waals surface area contributed by atoms with Crippen LogP contribution in [0.25, 0.3) is 0 Å². The molecule has 0 saturated heterocycles. The maximum absolute atomic E-state index is 13.5. The van der Waals surface area contributed by atoms with E-state index < -0.39 is 0 Å². The number of ether oxygens (including phenoxy) is 1. The first-order valence-electron chi connectivity index (χ1n) is 6.31. The van der Waals surface area contributed by atoms with Gasteiger partial charge in [0.05, 0.1) is 7.11 Å². The summed E-state index contributed by atoms with van der Waals surface area (Å²) >= 11 is 0. The molecule has 0 heterocycles.